The van der Waals surface area contributed by atoms with Gasteiger partial charge >= 0.3 is 0 Å². The van der Waals surface area contributed by atoms with Gasteiger partial charge in [0, 0.05) is 15.4 Å². The number of halogens is 1. The summed E-state index contributed by atoms with van der Waals surface area (Å²) >= 11 is 5.29. The summed E-state index contributed by atoms with van der Waals surface area (Å²) in [7, 11) is 0. The van der Waals surface area contributed by atoms with Crippen LogP contribution in [0.3, 0.4) is 0 Å². The van der Waals surface area contributed by atoms with Crippen LogP contribution in [0.1, 0.15) is 25.1 Å². The predicted octanol–water partition coefficient (Wildman–Crippen LogP) is 3.43. The van der Waals surface area contributed by atoms with Crippen LogP contribution in [0.5, 0.6) is 0 Å². The van der Waals surface area contributed by atoms with Crippen molar-refractivity contribution >= 4 is 27.3 Å². The highest BCUT2D eigenvalue weighted by Crippen LogP contribution is 2.24. The van der Waals surface area contributed by atoms with E-state index in [9.17, 15) is 0 Å². The molecule has 1 nitrogen and oxygen atoms in total. The molecule has 0 amide bonds. The van der Waals surface area contributed by atoms with Gasteiger partial charge in [0.2, 0.25) is 0 Å². The maximum absolute atomic E-state index is 6.02. The average molecular weight is 262 g/mol. The zero-order valence-electron chi connectivity index (χ0n) is 8.09. The monoisotopic (exact) mass is 261 g/mol. The van der Waals surface area contributed by atoms with E-state index in [1.54, 1.807) is 11.3 Å². The summed E-state index contributed by atoms with van der Waals surface area (Å²) in [6.07, 6.45) is 2.10. The molecule has 13 heavy (non-hydrogen) atoms. The van der Waals surface area contributed by atoms with Crippen LogP contribution in [0.2, 0.25) is 0 Å². The van der Waals surface area contributed by atoms with Crippen molar-refractivity contribution in [3.8, 4) is 0 Å². The first kappa shape index (κ1) is 11.2. The molecule has 1 rings (SSSR count). The van der Waals surface area contributed by atoms with E-state index in [-0.39, 0.29) is 0 Å². The fraction of sp³-hybridized carbons (Fsp3) is 0.600. The standard InChI is InChI=1S/C10H16BrNS/c1-7(2)5-8(12)6-10-9(11)3-4-13-10/h3-4,7-8H,5-6,12H2,1-2H3. The second-order valence-electron chi connectivity index (χ2n) is 3.79. The zero-order valence-corrected chi connectivity index (χ0v) is 10.5. The van der Waals surface area contributed by atoms with Gasteiger partial charge in [0.15, 0.2) is 0 Å². The zero-order chi connectivity index (χ0) is 9.84. The highest BCUT2D eigenvalue weighted by atomic mass is 79.9. The van der Waals surface area contributed by atoms with Crippen LogP contribution < -0.4 is 5.73 Å². The minimum Gasteiger partial charge on any atom is -0.327 e. The van der Waals surface area contributed by atoms with E-state index in [0.717, 1.165) is 12.8 Å². The Balaban J connectivity index is 2.45. The van der Waals surface area contributed by atoms with E-state index < -0.39 is 0 Å². The molecule has 0 fully saturated rings. The van der Waals surface area contributed by atoms with Crippen molar-refractivity contribution in [2.24, 2.45) is 11.7 Å². The molecule has 0 aliphatic rings. The Kier molecular flexibility index (Phi) is 4.42. The first-order valence-electron chi connectivity index (χ1n) is 4.57. The second kappa shape index (κ2) is 5.13. The largest absolute Gasteiger partial charge is 0.327 e. The van der Waals surface area contributed by atoms with Crippen molar-refractivity contribution in [3.05, 3.63) is 20.8 Å². The van der Waals surface area contributed by atoms with Crippen LogP contribution in [0, 0.1) is 5.92 Å². The Morgan fingerprint density at radius 2 is 2.23 bits per heavy atom. The van der Waals surface area contributed by atoms with Gasteiger partial charge in [0.25, 0.3) is 0 Å². The van der Waals surface area contributed by atoms with Crippen molar-refractivity contribution in [1.82, 2.24) is 0 Å². The molecule has 1 unspecified atom stereocenters. The number of hydrogen-bond donors (Lipinski definition) is 1. The SMILES string of the molecule is CC(C)CC(N)Cc1sccc1Br. The van der Waals surface area contributed by atoms with E-state index in [1.807, 2.05) is 0 Å². The maximum atomic E-state index is 6.02. The van der Waals surface area contributed by atoms with Gasteiger partial charge in [-0.1, -0.05) is 13.8 Å². The van der Waals surface area contributed by atoms with E-state index in [0.29, 0.717) is 12.0 Å². The second-order valence-corrected chi connectivity index (χ2v) is 5.64. The molecule has 1 atom stereocenters. The quantitative estimate of drug-likeness (QED) is 0.883. The minimum atomic E-state index is 0.301. The third-order valence-corrected chi connectivity index (χ3v) is 3.86. The minimum absolute atomic E-state index is 0.301. The predicted molar refractivity (Wildman–Crippen MR) is 63.2 cm³/mol. The smallest absolute Gasteiger partial charge is 0.0314 e. The van der Waals surface area contributed by atoms with Crippen LogP contribution >= 0.6 is 27.3 Å². The number of rotatable bonds is 4. The van der Waals surface area contributed by atoms with E-state index >= 15 is 0 Å². The third kappa shape index (κ3) is 3.79. The molecule has 3 heteroatoms. The van der Waals surface area contributed by atoms with E-state index in [4.69, 9.17) is 5.73 Å². The lowest BCUT2D eigenvalue weighted by molar-refractivity contribution is 0.495. The molecule has 0 bridgehead atoms. The summed E-state index contributed by atoms with van der Waals surface area (Å²) in [5.74, 6) is 0.689. The van der Waals surface area contributed by atoms with Crippen molar-refractivity contribution in [1.29, 1.82) is 0 Å². The number of hydrogen-bond acceptors (Lipinski definition) is 2. The molecular weight excluding hydrogens is 246 g/mol. The molecular formula is C10H16BrNS. The molecule has 0 saturated carbocycles. The van der Waals surface area contributed by atoms with Crippen molar-refractivity contribution < 1.29 is 0 Å². The molecule has 0 aromatic carbocycles. The number of thiophene rings is 1. The molecule has 2 N–H and O–H groups in total. The maximum Gasteiger partial charge on any atom is 0.0314 e. The average Bonchev–Trinajstić information content (AvgIpc) is 2.34. The normalized spacial score (nSPS) is 13.6. The molecule has 1 aromatic heterocycles. The van der Waals surface area contributed by atoms with Crippen molar-refractivity contribution in [2.45, 2.75) is 32.7 Å². The highest BCUT2D eigenvalue weighted by Gasteiger charge is 2.09. The molecule has 74 valence electrons. The lowest BCUT2D eigenvalue weighted by Crippen LogP contribution is -2.24. The Hall–Kier alpha value is 0.140. The summed E-state index contributed by atoms with van der Waals surface area (Å²) < 4.78 is 1.21. The van der Waals surface area contributed by atoms with Crippen LogP contribution in [-0.4, -0.2) is 6.04 Å². The molecule has 1 heterocycles. The number of nitrogens with two attached hydrogens (primary N) is 1. The van der Waals surface area contributed by atoms with E-state index in [2.05, 4.69) is 41.2 Å². The lowest BCUT2D eigenvalue weighted by Gasteiger charge is -2.12. The van der Waals surface area contributed by atoms with Gasteiger partial charge in [-0.25, -0.2) is 0 Å². The molecule has 0 aliphatic heterocycles. The van der Waals surface area contributed by atoms with Gasteiger partial charge in [0.1, 0.15) is 0 Å². The van der Waals surface area contributed by atoms with Crippen molar-refractivity contribution in [3.63, 3.8) is 0 Å². The van der Waals surface area contributed by atoms with Gasteiger partial charge in [-0.05, 0) is 46.1 Å². The first-order valence-corrected chi connectivity index (χ1v) is 6.24. The summed E-state index contributed by atoms with van der Waals surface area (Å²) in [5.41, 5.74) is 6.02. The Morgan fingerprint density at radius 3 is 2.69 bits per heavy atom. The van der Waals surface area contributed by atoms with Gasteiger partial charge < -0.3 is 5.73 Å². The Bertz CT molecular complexity index is 257. The lowest BCUT2D eigenvalue weighted by atomic mass is 10.0. The fourth-order valence-electron chi connectivity index (χ4n) is 1.40. The Morgan fingerprint density at radius 1 is 1.54 bits per heavy atom. The van der Waals surface area contributed by atoms with Crippen LogP contribution in [0.15, 0.2) is 15.9 Å². The van der Waals surface area contributed by atoms with Gasteiger partial charge in [-0.15, -0.1) is 11.3 Å². The fourth-order valence-corrected chi connectivity index (χ4v) is 3.01. The van der Waals surface area contributed by atoms with Crippen molar-refractivity contribution in [2.75, 3.05) is 0 Å². The summed E-state index contributed by atoms with van der Waals surface area (Å²) in [6.45, 7) is 4.42. The summed E-state index contributed by atoms with van der Waals surface area (Å²) in [6, 6.07) is 2.39. The van der Waals surface area contributed by atoms with Crippen LogP contribution in [0.4, 0.5) is 0 Å². The summed E-state index contributed by atoms with van der Waals surface area (Å²) in [4.78, 5) is 1.37. The van der Waals surface area contributed by atoms with Gasteiger partial charge in [-0.3, -0.25) is 0 Å². The topological polar surface area (TPSA) is 26.0 Å². The summed E-state index contributed by atoms with van der Waals surface area (Å²) in [5, 5.41) is 2.10. The highest BCUT2D eigenvalue weighted by molar-refractivity contribution is 9.10. The first-order chi connectivity index (χ1) is 6.09. The van der Waals surface area contributed by atoms with Gasteiger partial charge in [0.05, 0.1) is 0 Å². The van der Waals surface area contributed by atoms with Crippen LogP contribution in [-0.2, 0) is 6.42 Å². The van der Waals surface area contributed by atoms with E-state index in [1.165, 1.54) is 9.35 Å². The molecule has 0 saturated heterocycles. The Labute approximate surface area is 92.5 Å². The van der Waals surface area contributed by atoms with Crippen LogP contribution in [0.25, 0.3) is 0 Å². The molecule has 0 spiro atoms. The van der Waals surface area contributed by atoms with Gasteiger partial charge in [-0.2, -0.15) is 0 Å². The molecule has 0 radical (unpaired) electrons. The molecule has 1 aromatic rings. The third-order valence-electron chi connectivity index (χ3n) is 1.91. The molecule has 0 aliphatic carbocycles.